The third-order valence-corrected chi connectivity index (χ3v) is 0.630. The molecule has 0 saturated carbocycles. The van der Waals surface area contributed by atoms with E-state index in [1.165, 1.54) is 11.8 Å². The number of hydrogen-bond acceptors (Lipinski definition) is 1. The van der Waals surface area contributed by atoms with Crippen molar-refractivity contribution in [2.45, 2.75) is 6.92 Å². The zero-order valence-electron chi connectivity index (χ0n) is 5.73. The number of hydrogen-bond donors (Lipinski definition) is 1. The SMILES string of the molecule is CC(=O)N(C)C.[Cl-].[NH4+]. The van der Waals surface area contributed by atoms with Crippen LogP contribution in [0.3, 0.4) is 0 Å². The van der Waals surface area contributed by atoms with Gasteiger partial charge < -0.3 is 23.5 Å². The third-order valence-electron chi connectivity index (χ3n) is 0.630. The van der Waals surface area contributed by atoms with Crippen molar-refractivity contribution in [2.75, 3.05) is 14.1 Å². The average Bonchev–Trinajstić information content (AvgIpc) is 1.36. The molecule has 0 aliphatic heterocycles. The van der Waals surface area contributed by atoms with Gasteiger partial charge in [-0.1, -0.05) is 0 Å². The van der Waals surface area contributed by atoms with Crippen LogP contribution in [0.2, 0.25) is 0 Å². The van der Waals surface area contributed by atoms with Gasteiger partial charge in [0.1, 0.15) is 0 Å². The maximum atomic E-state index is 10.1. The number of quaternary nitrogens is 1. The van der Waals surface area contributed by atoms with E-state index in [0.29, 0.717) is 0 Å². The summed E-state index contributed by atoms with van der Waals surface area (Å²) in [6, 6.07) is 0. The van der Waals surface area contributed by atoms with E-state index in [0.717, 1.165) is 0 Å². The number of nitrogens with zero attached hydrogens (tertiary/aromatic N) is 1. The standard InChI is InChI=1S/C4H9NO.ClH.H3N/c1-4(6)5(2)3;;/h1-3H3;1H;1H3. The molecule has 0 saturated heterocycles. The Bertz CT molecular complexity index is 65.1. The van der Waals surface area contributed by atoms with Gasteiger partial charge in [-0.25, -0.2) is 0 Å². The van der Waals surface area contributed by atoms with Crippen molar-refractivity contribution in [2.24, 2.45) is 0 Å². The van der Waals surface area contributed by atoms with Crippen LogP contribution in [-0.4, -0.2) is 24.9 Å². The molecule has 0 aromatic rings. The molecule has 0 aliphatic carbocycles. The van der Waals surface area contributed by atoms with E-state index < -0.39 is 0 Å². The Morgan fingerprint density at radius 3 is 1.50 bits per heavy atom. The highest BCUT2D eigenvalue weighted by Gasteiger charge is 1.87. The second-order valence-electron chi connectivity index (χ2n) is 1.41. The van der Waals surface area contributed by atoms with Gasteiger partial charge in [0, 0.05) is 21.0 Å². The summed E-state index contributed by atoms with van der Waals surface area (Å²) in [6.07, 6.45) is 0. The molecular formula is C4H13ClN2O. The number of halogens is 1. The molecule has 4 heteroatoms. The maximum Gasteiger partial charge on any atom is 0.218 e. The van der Waals surface area contributed by atoms with Crippen LogP contribution in [0.4, 0.5) is 0 Å². The van der Waals surface area contributed by atoms with Crippen LogP contribution in [0.5, 0.6) is 0 Å². The Kier molecular flexibility index (Phi) is 13.1. The first-order valence-corrected chi connectivity index (χ1v) is 1.82. The van der Waals surface area contributed by atoms with Crippen molar-refractivity contribution in [1.29, 1.82) is 0 Å². The minimum absolute atomic E-state index is 0. The van der Waals surface area contributed by atoms with Crippen molar-refractivity contribution >= 4 is 5.91 Å². The molecule has 1 amide bonds. The Morgan fingerprint density at radius 2 is 1.50 bits per heavy atom. The lowest BCUT2D eigenvalue weighted by molar-refractivity contribution is -0.126. The summed E-state index contributed by atoms with van der Waals surface area (Å²) in [5.74, 6) is 0.0926. The van der Waals surface area contributed by atoms with E-state index >= 15 is 0 Å². The van der Waals surface area contributed by atoms with Crippen molar-refractivity contribution in [3.8, 4) is 0 Å². The van der Waals surface area contributed by atoms with E-state index in [-0.39, 0.29) is 24.5 Å². The molecule has 0 aliphatic rings. The van der Waals surface area contributed by atoms with Gasteiger partial charge in [-0.2, -0.15) is 0 Å². The van der Waals surface area contributed by atoms with Crippen LogP contribution in [0.15, 0.2) is 0 Å². The summed E-state index contributed by atoms with van der Waals surface area (Å²) >= 11 is 0. The Balaban J connectivity index is -0.000000125. The van der Waals surface area contributed by atoms with Crippen molar-refractivity contribution in [1.82, 2.24) is 11.1 Å². The summed E-state index contributed by atoms with van der Waals surface area (Å²) in [5, 5.41) is 0. The molecule has 0 unspecified atom stereocenters. The summed E-state index contributed by atoms with van der Waals surface area (Å²) in [6.45, 7) is 1.53. The van der Waals surface area contributed by atoms with Gasteiger partial charge in [0.2, 0.25) is 5.91 Å². The Morgan fingerprint density at radius 1 is 1.38 bits per heavy atom. The minimum atomic E-state index is 0. The molecule has 52 valence electrons. The van der Waals surface area contributed by atoms with Crippen molar-refractivity contribution in [3.63, 3.8) is 0 Å². The zero-order chi connectivity index (χ0) is 5.15. The molecule has 0 spiro atoms. The molecule has 0 aromatic heterocycles. The first-order valence-electron chi connectivity index (χ1n) is 1.82. The van der Waals surface area contributed by atoms with E-state index in [1.54, 1.807) is 14.1 Å². The van der Waals surface area contributed by atoms with Crippen LogP contribution < -0.4 is 18.6 Å². The van der Waals surface area contributed by atoms with E-state index in [4.69, 9.17) is 0 Å². The molecule has 0 radical (unpaired) electrons. The molecule has 3 nitrogen and oxygen atoms in total. The van der Waals surface area contributed by atoms with Crippen LogP contribution in [0, 0.1) is 0 Å². The van der Waals surface area contributed by atoms with E-state index in [1.807, 2.05) is 0 Å². The van der Waals surface area contributed by atoms with Gasteiger partial charge in [0.05, 0.1) is 0 Å². The second-order valence-corrected chi connectivity index (χ2v) is 1.41. The topological polar surface area (TPSA) is 56.8 Å². The molecule has 4 N–H and O–H groups in total. The first-order chi connectivity index (χ1) is 2.64. The Hall–Kier alpha value is -0.280. The average molecular weight is 141 g/mol. The molecule has 0 rings (SSSR count). The maximum absolute atomic E-state index is 10.1. The fraction of sp³-hybridized carbons (Fsp3) is 0.750. The van der Waals surface area contributed by atoms with Gasteiger partial charge in [-0.3, -0.25) is 4.79 Å². The largest absolute Gasteiger partial charge is 1.00 e. The van der Waals surface area contributed by atoms with Gasteiger partial charge >= 0.3 is 0 Å². The second kappa shape index (κ2) is 6.72. The van der Waals surface area contributed by atoms with Crippen molar-refractivity contribution in [3.05, 3.63) is 0 Å². The van der Waals surface area contributed by atoms with Crippen LogP contribution in [0.1, 0.15) is 6.92 Å². The van der Waals surface area contributed by atoms with Gasteiger partial charge in [0.15, 0.2) is 0 Å². The highest BCUT2D eigenvalue weighted by atomic mass is 35.5. The molecule has 0 bridgehead atoms. The lowest BCUT2D eigenvalue weighted by Crippen LogP contribution is -3.00. The van der Waals surface area contributed by atoms with E-state index in [2.05, 4.69) is 0 Å². The van der Waals surface area contributed by atoms with Crippen LogP contribution in [-0.2, 0) is 4.79 Å². The number of amides is 1. The predicted molar refractivity (Wildman–Crippen MR) is 30.4 cm³/mol. The molecule has 0 aromatic carbocycles. The van der Waals surface area contributed by atoms with Crippen molar-refractivity contribution < 1.29 is 17.2 Å². The fourth-order valence-corrected chi connectivity index (χ4v) is 0. The quantitative estimate of drug-likeness (QED) is 0.397. The summed E-state index contributed by atoms with van der Waals surface area (Å²) in [4.78, 5) is 11.6. The van der Waals surface area contributed by atoms with Crippen LogP contribution in [0.25, 0.3) is 0 Å². The van der Waals surface area contributed by atoms with Gasteiger partial charge in [0.25, 0.3) is 0 Å². The van der Waals surface area contributed by atoms with Gasteiger partial charge in [-0.15, -0.1) is 0 Å². The lowest BCUT2D eigenvalue weighted by atomic mass is 10.7. The molecule has 0 fully saturated rings. The van der Waals surface area contributed by atoms with E-state index in [9.17, 15) is 4.79 Å². The third kappa shape index (κ3) is 9.21. The monoisotopic (exact) mass is 140 g/mol. The number of rotatable bonds is 0. The lowest BCUT2D eigenvalue weighted by Gasteiger charge is -2.02. The zero-order valence-corrected chi connectivity index (χ0v) is 6.49. The highest BCUT2D eigenvalue weighted by molar-refractivity contribution is 5.72. The number of carbonyl (C=O) groups excluding carboxylic acids is 1. The Labute approximate surface area is 56.0 Å². The normalized spacial score (nSPS) is 5.88. The predicted octanol–water partition coefficient (Wildman–Crippen LogP) is -2.53. The fourth-order valence-electron chi connectivity index (χ4n) is 0. The minimum Gasteiger partial charge on any atom is -1.00 e. The summed E-state index contributed by atoms with van der Waals surface area (Å²) in [5.41, 5.74) is 0. The summed E-state index contributed by atoms with van der Waals surface area (Å²) in [7, 11) is 3.45. The molecule has 0 heterocycles. The molecular weight excluding hydrogens is 128 g/mol. The smallest absolute Gasteiger partial charge is 0.218 e. The summed E-state index contributed by atoms with van der Waals surface area (Å²) < 4.78 is 0. The molecule has 8 heavy (non-hydrogen) atoms. The first kappa shape index (κ1) is 15.6. The van der Waals surface area contributed by atoms with Crippen LogP contribution >= 0.6 is 0 Å². The molecule has 0 atom stereocenters. The van der Waals surface area contributed by atoms with Gasteiger partial charge in [-0.05, 0) is 0 Å². The number of carbonyl (C=O) groups is 1. The highest BCUT2D eigenvalue weighted by Crippen LogP contribution is 1.69.